The molecule has 1 heterocycles. The topological polar surface area (TPSA) is 71.5 Å². The lowest BCUT2D eigenvalue weighted by Gasteiger charge is -2.31. The summed E-state index contributed by atoms with van der Waals surface area (Å²) in [5, 5.41) is 0.559. The molecule has 0 bridgehead atoms. The van der Waals surface area contributed by atoms with E-state index < -0.39 is 27.6 Å². The normalized spacial score (nSPS) is 18.3. The average Bonchev–Trinajstić information content (AvgIpc) is 2.73. The van der Waals surface area contributed by atoms with Gasteiger partial charge in [-0.05, 0) is 41.5 Å². The molecule has 29 heavy (non-hydrogen) atoms. The largest absolute Gasteiger partial charge is 0.292 e. The number of benzene rings is 3. The molecule has 0 spiro atoms. The van der Waals surface area contributed by atoms with Crippen LogP contribution in [0.3, 0.4) is 0 Å². The van der Waals surface area contributed by atoms with E-state index in [2.05, 4.69) is 0 Å². The predicted octanol–water partition coefficient (Wildman–Crippen LogP) is 4.08. The SMILES string of the molecule is CN1C(C(=O)c2cccc(-c3cccc(Cl)c3)c2)C(=O)c2ccccc2S1(=O)=O. The number of hydrogen-bond donors (Lipinski definition) is 0. The van der Waals surface area contributed by atoms with Crippen molar-refractivity contribution in [3.63, 3.8) is 0 Å². The van der Waals surface area contributed by atoms with Gasteiger partial charge in [-0.25, -0.2) is 8.42 Å². The molecule has 0 saturated heterocycles. The molecule has 1 atom stereocenters. The number of rotatable bonds is 3. The molecule has 0 amide bonds. The van der Waals surface area contributed by atoms with Crippen molar-refractivity contribution in [2.45, 2.75) is 10.9 Å². The van der Waals surface area contributed by atoms with Crippen molar-refractivity contribution in [1.82, 2.24) is 4.31 Å². The van der Waals surface area contributed by atoms with E-state index in [0.717, 1.165) is 15.4 Å². The smallest absolute Gasteiger partial charge is 0.244 e. The summed E-state index contributed by atoms with van der Waals surface area (Å²) in [6, 6.07) is 18.4. The lowest BCUT2D eigenvalue weighted by molar-refractivity contribution is 0.0784. The second-order valence-electron chi connectivity index (χ2n) is 6.74. The molecule has 3 aromatic carbocycles. The molecule has 0 N–H and O–H groups in total. The van der Waals surface area contributed by atoms with Gasteiger partial charge in [0.15, 0.2) is 17.6 Å². The standard InChI is InChI=1S/C22H16ClNO4S/c1-24-20(22(26)18-10-2-3-11-19(18)29(24,27)28)21(25)16-8-4-6-14(12-16)15-7-5-9-17(23)13-15/h2-13,20H,1H3. The summed E-state index contributed by atoms with van der Waals surface area (Å²) in [5.41, 5.74) is 1.85. The van der Waals surface area contributed by atoms with Crippen molar-refractivity contribution in [2.75, 3.05) is 7.05 Å². The van der Waals surface area contributed by atoms with Crippen LogP contribution in [0.4, 0.5) is 0 Å². The summed E-state index contributed by atoms with van der Waals surface area (Å²) in [6.45, 7) is 0. The van der Waals surface area contributed by atoms with E-state index >= 15 is 0 Å². The zero-order valence-corrected chi connectivity index (χ0v) is 16.9. The molecule has 4 rings (SSSR count). The van der Waals surface area contributed by atoms with Crippen molar-refractivity contribution in [2.24, 2.45) is 0 Å². The van der Waals surface area contributed by atoms with Gasteiger partial charge in [-0.2, -0.15) is 4.31 Å². The van der Waals surface area contributed by atoms with Crippen molar-refractivity contribution >= 4 is 33.2 Å². The fraction of sp³-hybridized carbons (Fsp3) is 0.0909. The summed E-state index contributed by atoms with van der Waals surface area (Å²) in [4.78, 5) is 26.1. The maximum Gasteiger partial charge on any atom is 0.244 e. The molecule has 0 aromatic heterocycles. The minimum absolute atomic E-state index is 0.0370. The Morgan fingerprint density at radius 3 is 2.31 bits per heavy atom. The first kappa shape index (κ1) is 19.5. The van der Waals surface area contributed by atoms with E-state index in [0.29, 0.717) is 5.02 Å². The molecule has 1 aliphatic rings. The Hall–Kier alpha value is -2.80. The first-order chi connectivity index (χ1) is 13.8. The van der Waals surface area contributed by atoms with E-state index in [-0.39, 0.29) is 16.0 Å². The summed E-state index contributed by atoms with van der Waals surface area (Å²) in [5.74, 6) is -1.10. The van der Waals surface area contributed by atoms with Gasteiger partial charge in [0.2, 0.25) is 10.0 Å². The van der Waals surface area contributed by atoms with Crippen LogP contribution in [0, 0.1) is 0 Å². The molecule has 1 aliphatic heterocycles. The number of carbonyl (C=O) groups excluding carboxylic acids is 2. The van der Waals surface area contributed by atoms with Gasteiger partial charge in [0.05, 0.1) is 4.90 Å². The maximum atomic E-state index is 13.2. The van der Waals surface area contributed by atoms with Gasteiger partial charge in [-0.1, -0.05) is 54.1 Å². The second kappa shape index (κ2) is 7.22. The van der Waals surface area contributed by atoms with E-state index in [1.165, 1.54) is 19.2 Å². The molecule has 7 heteroatoms. The number of halogens is 1. The summed E-state index contributed by atoms with van der Waals surface area (Å²) >= 11 is 6.05. The van der Waals surface area contributed by atoms with Crippen LogP contribution in [0.5, 0.6) is 0 Å². The van der Waals surface area contributed by atoms with Gasteiger partial charge in [-0.15, -0.1) is 0 Å². The first-order valence-electron chi connectivity index (χ1n) is 8.82. The lowest BCUT2D eigenvalue weighted by Crippen LogP contribution is -2.51. The van der Waals surface area contributed by atoms with Crippen LogP contribution in [-0.2, 0) is 10.0 Å². The van der Waals surface area contributed by atoms with E-state index in [1.54, 1.807) is 48.5 Å². The number of sulfonamides is 1. The molecule has 146 valence electrons. The molecule has 0 radical (unpaired) electrons. The molecule has 0 fully saturated rings. The number of Topliss-reactive ketones (excluding diaryl/α,β-unsaturated/α-hetero) is 2. The number of ketones is 2. The Bertz CT molecular complexity index is 1250. The quantitative estimate of drug-likeness (QED) is 0.468. The number of hydrogen-bond acceptors (Lipinski definition) is 4. The van der Waals surface area contributed by atoms with E-state index in [1.807, 2.05) is 12.1 Å². The molecule has 0 saturated carbocycles. The summed E-state index contributed by atoms with van der Waals surface area (Å²) in [6.07, 6.45) is 0. The Kier molecular flexibility index (Phi) is 4.86. The van der Waals surface area contributed by atoms with Gasteiger partial charge in [0.25, 0.3) is 0 Å². The highest BCUT2D eigenvalue weighted by Crippen LogP contribution is 2.31. The molecule has 1 unspecified atom stereocenters. The van der Waals surface area contributed by atoms with E-state index in [9.17, 15) is 18.0 Å². The van der Waals surface area contributed by atoms with Gasteiger partial charge in [0, 0.05) is 23.2 Å². The third-order valence-electron chi connectivity index (χ3n) is 4.97. The zero-order valence-electron chi connectivity index (χ0n) is 15.4. The molecule has 0 aliphatic carbocycles. The van der Waals surface area contributed by atoms with Crippen molar-refractivity contribution in [3.8, 4) is 11.1 Å². The van der Waals surface area contributed by atoms with Gasteiger partial charge in [0.1, 0.15) is 0 Å². The third-order valence-corrected chi connectivity index (χ3v) is 7.09. The minimum Gasteiger partial charge on any atom is -0.292 e. The van der Waals surface area contributed by atoms with Crippen LogP contribution < -0.4 is 0 Å². The Labute approximate surface area is 173 Å². The Morgan fingerprint density at radius 1 is 0.931 bits per heavy atom. The fourth-order valence-corrected chi connectivity index (χ4v) is 5.13. The van der Waals surface area contributed by atoms with Crippen LogP contribution in [-0.4, -0.2) is 37.4 Å². The molecular weight excluding hydrogens is 410 g/mol. The summed E-state index contributed by atoms with van der Waals surface area (Å²) < 4.78 is 26.5. The highest BCUT2D eigenvalue weighted by molar-refractivity contribution is 7.89. The van der Waals surface area contributed by atoms with Crippen LogP contribution in [0.2, 0.25) is 5.02 Å². The first-order valence-corrected chi connectivity index (χ1v) is 10.6. The second-order valence-corrected chi connectivity index (χ2v) is 9.14. The zero-order chi connectivity index (χ0) is 20.8. The highest BCUT2D eigenvalue weighted by atomic mass is 35.5. The van der Waals surface area contributed by atoms with Crippen LogP contribution in [0.1, 0.15) is 20.7 Å². The third kappa shape index (κ3) is 3.29. The lowest BCUT2D eigenvalue weighted by atomic mass is 9.94. The minimum atomic E-state index is -3.95. The van der Waals surface area contributed by atoms with E-state index in [4.69, 9.17) is 11.6 Å². The maximum absolute atomic E-state index is 13.2. The van der Waals surface area contributed by atoms with Crippen molar-refractivity contribution < 1.29 is 18.0 Å². The van der Waals surface area contributed by atoms with Gasteiger partial charge in [-0.3, -0.25) is 9.59 Å². The Balaban J connectivity index is 1.77. The Morgan fingerprint density at radius 2 is 1.59 bits per heavy atom. The monoisotopic (exact) mass is 425 g/mol. The van der Waals surface area contributed by atoms with Gasteiger partial charge < -0.3 is 0 Å². The van der Waals surface area contributed by atoms with Crippen molar-refractivity contribution in [3.05, 3.63) is 88.9 Å². The fourth-order valence-electron chi connectivity index (χ4n) is 3.46. The number of nitrogens with zero attached hydrogens (tertiary/aromatic N) is 1. The van der Waals surface area contributed by atoms with Crippen LogP contribution >= 0.6 is 11.6 Å². The molecule has 5 nitrogen and oxygen atoms in total. The van der Waals surface area contributed by atoms with Gasteiger partial charge >= 0.3 is 0 Å². The predicted molar refractivity (Wildman–Crippen MR) is 111 cm³/mol. The number of likely N-dealkylation sites (N-methyl/N-ethyl adjacent to an activating group) is 1. The highest BCUT2D eigenvalue weighted by Gasteiger charge is 2.45. The number of carbonyl (C=O) groups is 2. The van der Waals surface area contributed by atoms with Crippen LogP contribution in [0.25, 0.3) is 11.1 Å². The van der Waals surface area contributed by atoms with Crippen LogP contribution in [0.15, 0.2) is 77.7 Å². The summed E-state index contributed by atoms with van der Waals surface area (Å²) in [7, 11) is -2.69. The number of fused-ring (bicyclic) bond motifs is 1. The van der Waals surface area contributed by atoms with Crippen molar-refractivity contribution in [1.29, 1.82) is 0 Å². The molecular formula is C22H16ClNO4S. The average molecular weight is 426 g/mol. The molecule has 3 aromatic rings.